The second-order valence-corrected chi connectivity index (χ2v) is 11.6. The van der Waals surface area contributed by atoms with E-state index in [4.69, 9.17) is 0 Å². The molecule has 0 aliphatic rings. The maximum Gasteiger partial charge on any atom is 0.206 e. The van der Waals surface area contributed by atoms with Gasteiger partial charge in [-0.1, -0.05) is 23.5 Å². The molecule has 0 spiro atoms. The number of sulfone groups is 1. The van der Waals surface area contributed by atoms with Crippen molar-refractivity contribution in [1.29, 1.82) is 0 Å². The second-order valence-electron chi connectivity index (χ2n) is 5.25. The summed E-state index contributed by atoms with van der Waals surface area (Å²) in [6.45, 7) is 0. The molecule has 0 aliphatic heterocycles. The summed E-state index contributed by atoms with van der Waals surface area (Å²) in [5, 5.41) is 3.83. The average molecular weight is 449 g/mol. The molecular weight excluding hydrogens is 437 g/mol. The van der Waals surface area contributed by atoms with Crippen molar-refractivity contribution in [3.8, 4) is 0 Å². The standard InChI is InChI=1S/C18H12N2O2S5/c21-27(22,15-5-1-13(2-6-15)25-17-19-9-11-23-17)16-7-3-14(4-8-16)26-18-20-10-12-24-18/h1-12H. The fraction of sp³-hybridized carbons (Fsp3) is 0. The minimum atomic E-state index is -3.54. The number of nitrogens with zero attached hydrogens (tertiary/aromatic N) is 2. The smallest absolute Gasteiger partial charge is 0.206 e. The van der Waals surface area contributed by atoms with Crippen LogP contribution < -0.4 is 0 Å². The van der Waals surface area contributed by atoms with Crippen LogP contribution in [-0.2, 0) is 9.84 Å². The highest BCUT2D eigenvalue weighted by molar-refractivity contribution is 8.01. The predicted octanol–water partition coefficient (Wildman–Crippen LogP) is 5.73. The van der Waals surface area contributed by atoms with Gasteiger partial charge >= 0.3 is 0 Å². The van der Waals surface area contributed by atoms with Gasteiger partial charge in [0.25, 0.3) is 0 Å². The van der Waals surface area contributed by atoms with Crippen LogP contribution in [-0.4, -0.2) is 18.4 Å². The average Bonchev–Trinajstić information content (AvgIpc) is 3.37. The van der Waals surface area contributed by atoms with Crippen LogP contribution in [0.15, 0.2) is 99.9 Å². The summed E-state index contributed by atoms with van der Waals surface area (Å²) in [7, 11) is -3.54. The molecule has 0 atom stereocenters. The van der Waals surface area contributed by atoms with E-state index >= 15 is 0 Å². The van der Waals surface area contributed by atoms with Gasteiger partial charge in [-0.15, -0.1) is 22.7 Å². The lowest BCUT2D eigenvalue weighted by Gasteiger charge is -2.06. The minimum Gasteiger partial charge on any atom is -0.238 e. The van der Waals surface area contributed by atoms with Crippen LogP contribution in [0.25, 0.3) is 0 Å². The molecule has 2 aromatic carbocycles. The lowest BCUT2D eigenvalue weighted by molar-refractivity contribution is 0.596. The summed E-state index contributed by atoms with van der Waals surface area (Å²) in [5.74, 6) is 0. The van der Waals surface area contributed by atoms with Crippen LogP contribution >= 0.6 is 46.2 Å². The highest BCUT2D eigenvalue weighted by Crippen LogP contribution is 2.32. The molecule has 136 valence electrons. The Morgan fingerprint density at radius 2 is 1.07 bits per heavy atom. The summed E-state index contributed by atoms with van der Waals surface area (Å²) in [4.78, 5) is 10.9. The number of benzene rings is 2. The van der Waals surface area contributed by atoms with Crippen molar-refractivity contribution < 1.29 is 8.42 Å². The molecule has 0 saturated heterocycles. The Balaban J connectivity index is 1.52. The van der Waals surface area contributed by atoms with Crippen molar-refractivity contribution in [1.82, 2.24) is 9.97 Å². The van der Waals surface area contributed by atoms with Crippen LogP contribution in [0.2, 0.25) is 0 Å². The van der Waals surface area contributed by atoms with Gasteiger partial charge < -0.3 is 0 Å². The van der Waals surface area contributed by atoms with Crippen molar-refractivity contribution >= 4 is 56.0 Å². The van der Waals surface area contributed by atoms with E-state index in [1.807, 2.05) is 35.0 Å². The van der Waals surface area contributed by atoms with E-state index in [2.05, 4.69) is 9.97 Å². The zero-order valence-electron chi connectivity index (χ0n) is 13.7. The largest absolute Gasteiger partial charge is 0.238 e. The summed E-state index contributed by atoms with van der Waals surface area (Å²) in [6.07, 6.45) is 3.50. The predicted molar refractivity (Wildman–Crippen MR) is 111 cm³/mol. The van der Waals surface area contributed by atoms with E-state index < -0.39 is 9.84 Å². The van der Waals surface area contributed by atoms with Gasteiger partial charge in [0.1, 0.15) is 0 Å². The molecule has 27 heavy (non-hydrogen) atoms. The lowest BCUT2D eigenvalue weighted by atomic mass is 10.4. The number of hydrogen-bond acceptors (Lipinski definition) is 8. The molecule has 0 amide bonds. The molecule has 9 heteroatoms. The number of aromatic nitrogens is 2. The third-order valence-electron chi connectivity index (χ3n) is 3.50. The molecular formula is C18H12N2O2S5. The van der Waals surface area contributed by atoms with Crippen LogP contribution in [0.5, 0.6) is 0 Å². The quantitative estimate of drug-likeness (QED) is 0.375. The molecule has 0 fully saturated rings. The number of hydrogen-bond donors (Lipinski definition) is 0. The fourth-order valence-corrected chi connectivity index (χ4v) is 6.68. The zero-order chi connectivity index (χ0) is 18.7. The Labute approximate surface area is 173 Å². The van der Waals surface area contributed by atoms with Gasteiger partial charge in [0.2, 0.25) is 9.84 Å². The first-order chi connectivity index (χ1) is 13.1. The third-order valence-corrected chi connectivity index (χ3v) is 9.07. The minimum absolute atomic E-state index is 0.284. The van der Waals surface area contributed by atoms with E-state index in [1.54, 1.807) is 59.3 Å². The van der Waals surface area contributed by atoms with Crippen molar-refractivity contribution in [2.24, 2.45) is 0 Å². The van der Waals surface area contributed by atoms with Crippen molar-refractivity contribution in [3.05, 3.63) is 71.7 Å². The molecule has 0 bridgehead atoms. The fourth-order valence-electron chi connectivity index (χ4n) is 2.23. The van der Waals surface area contributed by atoms with Crippen LogP contribution in [0.1, 0.15) is 0 Å². The third kappa shape index (κ3) is 4.44. The van der Waals surface area contributed by atoms with E-state index in [9.17, 15) is 8.42 Å². The molecule has 0 unspecified atom stereocenters. The molecule has 0 saturated carbocycles. The van der Waals surface area contributed by atoms with Crippen molar-refractivity contribution in [2.45, 2.75) is 28.3 Å². The zero-order valence-corrected chi connectivity index (χ0v) is 17.8. The topological polar surface area (TPSA) is 59.9 Å². The molecule has 0 aliphatic carbocycles. The summed E-state index contributed by atoms with van der Waals surface area (Å²) < 4.78 is 27.6. The van der Waals surface area contributed by atoms with Gasteiger partial charge in [-0.2, -0.15) is 0 Å². The van der Waals surface area contributed by atoms with Crippen molar-refractivity contribution in [3.63, 3.8) is 0 Å². The summed E-state index contributed by atoms with van der Waals surface area (Å²) >= 11 is 6.15. The first-order valence-electron chi connectivity index (χ1n) is 7.71. The maximum absolute atomic E-state index is 12.9. The van der Waals surface area contributed by atoms with Crippen LogP contribution in [0.4, 0.5) is 0 Å². The Kier molecular flexibility index (Phi) is 5.65. The first-order valence-corrected chi connectivity index (χ1v) is 12.6. The highest BCUT2D eigenvalue weighted by Gasteiger charge is 2.17. The number of rotatable bonds is 6. The van der Waals surface area contributed by atoms with Gasteiger partial charge in [-0.05, 0) is 48.5 Å². The van der Waals surface area contributed by atoms with E-state index in [1.165, 1.54) is 23.5 Å². The monoisotopic (exact) mass is 448 g/mol. The molecule has 0 radical (unpaired) electrons. The molecule has 4 rings (SSSR count). The van der Waals surface area contributed by atoms with Crippen LogP contribution in [0.3, 0.4) is 0 Å². The van der Waals surface area contributed by atoms with E-state index in [-0.39, 0.29) is 9.79 Å². The van der Waals surface area contributed by atoms with E-state index in [0.717, 1.165) is 18.5 Å². The van der Waals surface area contributed by atoms with Gasteiger partial charge in [0.15, 0.2) is 8.68 Å². The van der Waals surface area contributed by atoms with Gasteiger partial charge in [-0.3, -0.25) is 0 Å². The van der Waals surface area contributed by atoms with Gasteiger partial charge in [0, 0.05) is 32.9 Å². The highest BCUT2D eigenvalue weighted by atomic mass is 32.2. The Morgan fingerprint density at radius 3 is 1.41 bits per heavy atom. The molecule has 4 nitrogen and oxygen atoms in total. The molecule has 2 aromatic heterocycles. The molecule has 0 N–H and O–H groups in total. The Morgan fingerprint density at radius 1 is 0.667 bits per heavy atom. The summed E-state index contributed by atoms with van der Waals surface area (Å²) in [5.41, 5.74) is 0. The van der Waals surface area contributed by atoms with Crippen molar-refractivity contribution in [2.75, 3.05) is 0 Å². The molecule has 4 aromatic rings. The van der Waals surface area contributed by atoms with Gasteiger partial charge in [-0.25, -0.2) is 18.4 Å². The van der Waals surface area contributed by atoms with Gasteiger partial charge in [0.05, 0.1) is 9.79 Å². The van der Waals surface area contributed by atoms with Crippen LogP contribution in [0, 0.1) is 0 Å². The maximum atomic E-state index is 12.9. The SMILES string of the molecule is O=S(=O)(c1ccc(Sc2nccs2)cc1)c1ccc(Sc2nccs2)cc1. The lowest BCUT2D eigenvalue weighted by Crippen LogP contribution is -2.01. The normalized spacial score (nSPS) is 11.6. The second kappa shape index (κ2) is 8.15. The Bertz CT molecular complexity index is 1020. The van der Waals surface area contributed by atoms with E-state index in [0.29, 0.717) is 0 Å². The first kappa shape index (κ1) is 18.7. The Hall–Kier alpha value is -1.65. The summed E-state index contributed by atoms with van der Waals surface area (Å²) in [6, 6.07) is 13.8. The number of thiazole rings is 2. The molecule has 2 heterocycles.